The zero-order valence-corrected chi connectivity index (χ0v) is 17.8. The third kappa shape index (κ3) is 3.95. The Kier molecular flexibility index (Phi) is 5.24. The first-order chi connectivity index (χ1) is 15.1. The Morgan fingerprint density at radius 2 is 2.00 bits per heavy atom. The summed E-state index contributed by atoms with van der Waals surface area (Å²) in [5.41, 5.74) is 1.15. The number of nitrogens with one attached hydrogen (secondary N) is 2. The van der Waals surface area contributed by atoms with E-state index in [1.807, 2.05) is 6.92 Å². The van der Waals surface area contributed by atoms with Crippen molar-refractivity contribution in [2.24, 2.45) is 18.9 Å². The maximum atomic E-state index is 13.1. The molecule has 166 valence electrons. The van der Waals surface area contributed by atoms with Gasteiger partial charge in [-0.1, -0.05) is 12.8 Å². The molecule has 4 rings (SSSR count). The van der Waals surface area contributed by atoms with Gasteiger partial charge >= 0.3 is 6.18 Å². The topological polar surface area (TPSA) is 97.6 Å². The number of amides is 1. The minimum absolute atomic E-state index is 0.0175. The van der Waals surface area contributed by atoms with Crippen LogP contribution in [0.3, 0.4) is 0 Å². The van der Waals surface area contributed by atoms with E-state index < -0.39 is 12.0 Å². The Bertz CT molecular complexity index is 1290. The van der Waals surface area contributed by atoms with Crippen molar-refractivity contribution in [1.29, 1.82) is 0 Å². The molecule has 0 aromatic carbocycles. The lowest BCUT2D eigenvalue weighted by Crippen LogP contribution is -2.16. The molecule has 0 unspecified atom stereocenters. The second kappa shape index (κ2) is 7.78. The number of fused-ring (bicyclic) bond motifs is 1. The Morgan fingerprint density at radius 3 is 2.59 bits per heavy atom. The number of halogens is 3. The van der Waals surface area contributed by atoms with Gasteiger partial charge in [0.15, 0.2) is 11.6 Å². The predicted octanol–water partition coefficient (Wildman–Crippen LogP) is 3.12. The van der Waals surface area contributed by atoms with E-state index in [2.05, 4.69) is 42.6 Å². The molecule has 0 aliphatic heterocycles. The molecule has 0 radical (unpaired) electrons. The summed E-state index contributed by atoms with van der Waals surface area (Å²) in [5.74, 6) is 5.45. The molecular formula is C21H20F3N7O. The van der Waals surface area contributed by atoms with Crippen molar-refractivity contribution in [3.63, 3.8) is 0 Å². The number of aromatic nitrogens is 5. The number of rotatable bonds is 3. The fourth-order valence-corrected chi connectivity index (χ4v) is 3.36. The van der Waals surface area contributed by atoms with E-state index in [9.17, 15) is 18.0 Å². The second-order valence-electron chi connectivity index (χ2n) is 7.75. The third-order valence-electron chi connectivity index (χ3n) is 5.52. The van der Waals surface area contributed by atoms with E-state index in [1.165, 1.54) is 20.2 Å². The van der Waals surface area contributed by atoms with E-state index in [0.29, 0.717) is 33.9 Å². The van der Waals surface area contributed by atoms with Crippen LogP contribution in [0.15, 0.2) is 12.3 Å². The number of hydrogen-bond acceptors (Lipinski definition) is 6. The summed E-state index contributed by atoms with van der Waals surface area (Å²) in [7, 11) is 2.97. The third-order valence-corrected chi connectivity index (χ3v) is 5.52. The van der Waals surface area contributed by atoms with Gasteiger partial charge in [-0.25, -0.2) is 9.97 Å². The molecule has 1 aliphatic rings. The van der Waals surface area contributed by atoms with Gasteiger partial charge < -0.3 is 15.2 Å². The van der Waals surface area contributed by atoms with Crippen LogP contribution in [0.2, 0.25) is 0 Å². The first-order valence-electron chi connectivity index (χ1n) is 9.87. The molecule has 3 heterocycles. The average Bonchev–Trinajstić information content (AvgIpc) is 3.41. The molecule has 1 saturated carbocycles. The van der Waals surface area contributed by atoms with Crippen molar-refractivity contribution >= 4 is 28.4 Å². The van der Waals surface area contributed by atoms with Crippen LogP contribution in [-0.2, 0) is 18.0 Å². The Hall–Kier alpha value is -3.68. The van der Waals surface area contributed by atoms with E-state index in [1.54, 1.807) is 13.1 Å². The highest BCUT2D eigenvalue weighted by Crippen LogP contribution is 2.38. The SMILES string of the molecule is CNc1ncc(C#Cc2nc(C(F)(F)F)n(C)c2C)c2cc(NC(=O)[C@H]3C[C@H]3C)nnc12. The number of alkyl halides is 3. The lowest BCUT2D eigenvalue weighted by Gasteiger charge is -2.08. The minimum Gasteiger partial charge on any atom is -0.371 e. The molecule has 8 nitrogen and oxygen atoms in total. The summed E-state index contributed by atoms with van der Waals surface area (Å²) in [6.07, 6.45) is -2.26. The van der Waals surface area contributed by atoms with Gasteiger partial charge in [-0.05, 0) is 31.2 Å². The number of imidazole rings is 1. The highest BCUT2D eigenvalue weighted by molar-refractivity contribution is 5.97. The van der Waals surface area contributed by atoms with Crippen LogP contribution in [0.25, 0.3) is 10.9 Å². The number of carbonyl (C=O) groups is 1. The molecule has 3 aromatic heterocycles. The summed E-state index contributed by atoms with van der Waals surface area (Å²) < 4.78 is 40.4. The van der Waals surface area contributed by atoms with Crippen molar-refractivity contribution in [1.82, 2.24) is 24.7 Å². The van der Waals surface area contributed by atoms with Crippen LogP contribution in [0.4, 0.5) is 24.8 Å². The number of pyridine rings is 1. The highest BCUT2D eigenvalue weighted by Gasteiger charge is 2.39. The Morgan fingerprint density at radius 1 is 1.28 bits per heavy atom. The zero-order valence-electron chi connectivity index (χ0n) is 17.8. The molecule has 0 spiro atoms. The van der Waals surface area contributed by atoms with Gasteiger partial charge in [0.2, 0.25) is 11.7 Å². The summed E-state index contributed by atoms with van der Waals surface area (Å²) in [5, 5.41) is 14.4. The lowest BCUT2D eigenvalue weighted by atomic mass is 10.1. The maximum absolute atomic E-state index is 13.1. The fraction of sp³-hybridized carbons (Fsp3) is 0.381. The van der Waals surface area contributed by atoms with Crippen LogP contribution in [0.5, 0.6) is 0 Å². The predicted molar refractivity (Wildman–Crippen MR) is 112 cm³/mol. The molecule has 11 heteroatoms. The first kappa shape index (κ1) is 21.5. The number of nitrogens with zero attached hydrogens (tertiary/aromatic N) is 5. The van der Waals surface area contributed by atoms with Crippen molar-refractivity contribution in [3.05, 3.63) is 35.0 Å². The van der Waals surface area contributed by atoms with Crippen LogP contribution in [0.1, 0.15) is 36.1 Å². The molecule has 3 aromatic rings. The van der Waals surface area contributed by atoms with Crippen molar-refractivity contribution in [2.45, 2.75) is 26.4 Å². The molecule has 32 heavy (non-hydrogen) atoms. The standard InChI is InChI=1S/C21H20F3N7O/c1-10-7-13(10)19(32)28-16-8-14-12(9-26-18(25-3)17(14)30-29-16)5-6-15-11(2)31(4)20(27-15)21(22,23)24/h8-10,13H,7H2,1-4H3,(H,25,26)(H,28,29,32)/t10-,13+/m1/s1. The molecule has 1 fully saturated rings. The maximum Gasteiger partial charge on any atom is 0.449 e. The summed E-state index contributed by atoms with van der Waals surface area (Å²) in [6.45, 7) is 3.52. The fourth-order valence-electron chi connectivity index (χ4n) is 3.36. The molecule has 1 amide bonds. The summed E-state index contributed by atoms with van der Waals surface area (Å²) in [6, 6.07) is 1.63. The Labute approximate surface area is 181 Å². The van der Waals surface area contributed by atoms with Crippen molar-refractivity contribution in [2.75, 3.05) is 17.7 Å². The highest BCUT2D eigenvalue weighted by atomic mass is 19.4. The average molecular weight is 443 g/mol. The largest absolute Gasteiger partial charge is 0.449 e. The van der Waals surface area contributed by atoms with Gasteiger partial charge in [0.05, 0.1) is 11.3 Å². The van der Waals surface area contributed by atoms with Gasteiger partial charge in [-0.15, -0.1) is 10.2 Å². The van der Waals surface area contributed by atoms with Crippen LogP contribution < -0.4 is 10.6 Å². The van der Waals surface area contributed by atoms with Gasteiger partial charge in [-0.3, -0.25) is 4.79 Å². The molecular weight excluding hydrogens is 423 g/mol. The molecule has 2 N–H and O–H groups in total. The number of anilines is 2. The first-order valence-corrected chi connectivity index (χ1v) is 9.87. The van der Waals surface area contributed by atoms with E-state index in [0.717, 1.165) is 11.0 Å². The van der Waals surface area contributed by atoms with Crippen LogP contribution >= 0.6 is 0 Å². The minimum atomic E-state index is -4.58. The number of carbonyl (C=O) groups excluding carboxylic acids is 1. The number of hydrogen-bond donors (Lipinski definition) is 2. The van der Waals surface area contributed by atoms with Crippen LogP contribution in [0, 0.1) is 30.6 Å². The van der Waals surface area contributed by atoms with Gasteiger partial charge in [-0.2, -0.15) is 13.2 Å². The van der Waals surface area contributed by atoms with Gasteiger partial charge in [0.1, 0.15) is 11.2 Å². The van der Waals surface area contributed by atoms with E-state index >= 15 is 0 Å². The molecule has 2 atom stereocenters. The second-order valence-corrected chi connectivity index (χ2v) is 7.75. The zero-order chi connectivity index (χ0) is 23.2. The summed E-state index contributed by atoms with van der Waals surface area (Å²) >= 11 is 0. The quantitative estimate of drug-likeness (QED) is 0.604. The molecule has 0 bridgehead atoms. The Balaban J connectivity index is 1.75. The lowest BCUT2D eigenvalue weighted by molar-refractivity contribution is -0.146. The van der Waals surface area contributed by atoms with Crippen molar-refractivity contribution < 1.29 is 18.0 Å². The van der Waals surface area contributed by atoms with Crippen LogP contribution in [-0.4, -0.2) is 37.7 Å². The smallest absolute Gasteiger partial charge is 0.371 e. The van der Waals surface area contributed by atoms with E-state index in [4.69, 9.17) is 0 Å². The van der Waals surface area contributed by atoms with Gasteiger partial charge in [0, 0.05) is 31.6 Å². The summed E-state index contributed by atoms with van der Waals surface area (Å²) in [4.78, 5) is 20.2. The normalized spacial score (nSPS) is 17.6. The molecule has 1 aliphatic carbocycles. The van der Waals surface area contributed by atoms with Crippen molar-refractivity contribution in [3.8, 4) is 11.8 Å². The molecule has 0 saturated heterocycles. The monoisotopic (exact) mass is 443 g/mol. The van der Waals surface area contributed by atoms with E-state index in [-0.39, 0.29) is 23.3 Å². The van der Waals surface area contributed by atoms with Gasteiger partial charge in [0.25, 0.3) is 0 Å².